The van der Waals surface area contributed by atoms with Crippen molar-refractivity contribution >= 4 is 5.97 Å². The minimum atomic E-state index is -0.724. The van der Waals surface area contributed by atoms with Crippen LogP contribution < -0.4 is 0 Å². The van der Waals surface area contributed by atoms with Gasteiger partial charge in [-0.25, -0.2) is 0 Å². The molecule has 1 aliphatic carbocycles. The highest BCUT2D eigenvalue weighted by Gasteiger charge is 2.33. The normalized spacial score (nSPS) is 20.1. The average Bonchev–Trinajstić information content (AvgIpc) is 2.90. The van der Waals surface area contributed by atoms with E-state index >= 15 is 0 Å². The standard InChI is InChI=1S/C12H16N2O2/c1-14-5-9-8(4-11(15)16)12(7-2-3-7)13-10(9)6-14/h7,13H,2-6H2,1H3,(H,15,16). The maximum absolute atomic E-state index is 10.9. The fourth-order valence-electron chi connectivity index (χ4n) is 2.65. The molecule has 0 amide bonds. The minimum Gasteiger partial charge on any atom is -0.481 e. The van der Waals surface area contributed by atoms with Crippen LogP contribution in [0.5, 0.6) is 0 Å². The number of H-pyrrole nitrogens is 1. The first-order chi connectivity index (χ1) is 7.65. The molecule has 1 aliphatic heterocycles. The van der Waals surface area contributed by atoms with Gasteiger partial charge in [0, 0.05) is 24.5 Å². The molecule has 86 valence electrons. The Bertz CT molecular complexity index is 446. The van der Waals surface area contributed by atoms with E-state index in [2.05, 4.69) is 16.9 Å². The van der Waals surface area contributed by atoms with E-state index in [1.807, 2.05) is 0 Å². The Kier molecular flexibility index (Phi) is 2.07. The van der Waals surface area contributed by atoms with Crippen LogP contribution in [0.3, 0.4) is 0 Å². The van der Waals surface area contributed by atoms with Crippen molar-refractivity contribution in [3.05, 3.63) is 22.5 Å². The molecular formula is C12H16N2O2. The average molecular weight is 220 g/mol. The number of carboxylic acid groups (broad SMARTS) is 1. The monoisotopic (exact) mass is 220 g/mol. The first-order valence-electron chi connectivity index (χ1n) is 5.78. The second kappa shape index (κ2) is 3.35. The second-order valence-electron chi connectivity index (χ2n) is 4.99. The van der Waals surface area contributed by atoms with E-state index in [1.165, 1.54) is 29.8 Å². The van der Waals surface area contributed by atoms with Gasteiger partial charge in [0.05, 0.1) is 6.42 Å². The summed E-state index contributed by atoms with van der Waals surface area (Å²) in [7, 11) is 2.06. The molecule has 3 rings (SSSR count). The van der Waals surface area contributed by atoms with Gasteiger partial charge >= 0.3 is 5.97 Å². The maximum Gasteiger partial charge on any atom is 0.307 e. The molecule has 0 unspecified atom stereocenters. The molecule has 0 bridgehead atoms. The zero-order chi connectivity index (χ0) is 11.3. The van der Waals surface area contributed by atoms with Crippen molar-refractivity contribution in [1.82, 2.24) is 9.88 Å². The summed E-state index contributed by atoms with van der Waals surface area (Å²) >= 11 is 0. The summed E-state index contributed by atoms with van der Waals surface area (Å²) < 4.78 is 0. The van der Waals surface area contributed by atoms with Gasteiger partial charge in [-0.1, -0.05) is 0 Å². The van der Waals surface area contributed by atoms with Gasteiger partial charge < -0.3 is 10.1 Å². The van der Waals surface area contributed by atoms with E-state index in [0.717, 1.165) is 18.7 Å². The van der Waals surface area contributed by atoms with Crippen LogP contribution in [0, 0.1) is 0 Å². The number of nitrogens with one attached hydrogen (secondary N) is 1. The fraction of sp³-hybridized carbons (Fsp3) is 0.583. The number of hydrogen-bond donors (Lipinski definition) is 2. The highest BCUT2D eigenvalue weighted by molar-refractivity contribution is 5.72. The van der Waals surface area contributed by atoms with Crippen LogP contribution in [0.4, 0.5) is 0 Å². The van der Waals surface area contributed by atoms with E-state index in [9.17, 15) is 4.79 Å². The van der Waals surface area contributed by atoms with Gasteiger partial charge in [0.15, 0.2) is 0 Å². The van der Waals surface area contributed by atoms with Crippen molar-refractivity contribution in [2.24, 2.45) is 0 Å². The van der Waals surface area contributed by atoms with Crippen molar-refractivity contribution in [2.45, 2.75) is 38.3 Å². The number of carbonyl (C=O) groups is 1. The Hall–Kier alpha value is -1.29. The summed E-state index contributed by atoms with van der Waals surface area (Å²) in [5.41, 5.74) is 4.75. The lowest BCUT2D eigenvalue weighted by molar-refractivity contribution is -0.136. The predicted octanol–water partition coefficient (Wildman–Crippen LogP) is 1.46. The number of aromatic nitrogens is 1. The van der Waals surface area contributed by atoms with Crippen LogP contribution in [0.1, 0.15) is 41.3 Å². The Morgan fingerprint density at radius 1 is 1.50 bits per heavy atom. The summed E-state index contributed by atoms with van der Waals surface area (Å²) in [6.07, 6.45) is 2.59. The van der Waals surface area contributed by atoms with Crippen LogP contribution in [-0.4, -0.2) is 28.0 Å². The fourth-order valence-corrected chi connectivity index (χ4v) is 2.65. The molecule has 4 heteroatoms. The largest absolute Gasteiger partial charge is 0.481 e. The molecule has 4 nitrogen and oxygen atoms in total. The highest BCUT2D eigenvalue weighted by Crippen LogP contribution is 2.44. The summed E-state index contributed by atoms with van der Waals surface area (Å²) in [6.45, 7) is 1.82. The van der Waals surface area contributed by atoms with Crippen molar-refractivity contribution in [2.75, 3.05) is 7.05 Å². The molecule has 2 aliphatic rings. The number of fused-ring (bicyclic) bond motifs is 1. The first-order valence-corrected chi connectivity index (χ1v) is 5.78. The Morgan fingerprint density at radius 3 is 2.88 bits per heavy atom. The van der Waals surface area contributed by atoms with Gasteiger partial charge in [0.2, 0.25) is 0 Å². The van der Waals surface area contributed by atoms with Gasteiger partial charge in [0.25, 0.3) is 0 Å². The lowest BCUT2D eigenvalue weighted by Gasteiger charge is -2.08. The zero-order valence-electron chi connectivity index (χ0n) is 9.42. The Balaban J connectivity index is 2.00. The summed E-state index contributed by atoms with van der Waals surface area (Å²) in [5, 5.41) is 8.98. The molecule has 1 saturated carbocycles. The maximum atomic E-state index is 10.9. The SMILES string of the molecule is CN1Cc2[nH]c(C3CC3)c(CC(=O)O)c2C1. The van der Waals surface area contributed by atoms with Crippen LogP contribution >= 0.6 is 0 Å². The zero-order valence-corrected chi connectivity index (χ0v) is 9.42. The molecule has 1 aromatic rings. The lowest BCUT2D eigenvalue weighted by Crippen LogP contribution is -2.11. The van der Waals surface area contributed by atoms with Crippen LogP contribution in [-0.2, 0) is 24.3 Å². The number of hydrogen-bond acceptors (Lipinski definition) is 2. The van der Waals surface area contributed by atoms with Crippen molar-refractivity contribution in [1.29, 1.82) is 0 Å². The molecule has 0 saturated heterocycles. The lowest BCUT2D eigenvalue weighted by atomic mass is 10.0. The van der Waals surface area contributed by atoms with Gasteiger partial charge in [-0.15, -0.1) is 0 Å². The third-order valence-corrected chi connectivity index (χ3v) is 3.51. The van der Waals surface area contributed by atoms with E-state index in [-0.39, 0.29) is 6.42 Å². The van der Waals surface area contributed by atoms with Crippen LogP contribution in [0.25, 0.3) is 0 Å². The van der Waals surface area contributed by atoms with Gasteiger partial charge in [-0.3, -0.25) is 9.69 Å². The van der Waals surface area contributed by atoms with Crippen molar-refractivity contribution in [3.63, 3.8) is 0 Å². The minimum absolute atomic E-state index is 0.172. The summed E-state index contributed by atoms with van der Waals surface area (Å²) in [6, 6.07) is 0. The predicted molar refractivity (Wildman–Crippen MR) is 59.3 cm³/mol. The Labute approximate surface area is 94.3 Å². The number of carboxylic acids is 1. The van der Waals surface area contributed by atoms with Crippen molar-refractivity contribution in [3.8, 4) is 0 Å². The molecule has 2 heterocycles. The topological polar surface area (TPSA) is 56.3 Å². The third kappa shape index (κ3) is 1.53. The highest BCUT2D eigenvalue weighted by atomic mass is 16.4. The van der Waals surface area contributed by atoms with Crippen LogP contribution in [0.15, 0.2) is 0 Å². The molecule has 0 aromatic carbocycles. The van der Waals surface area contributed by atoms with Gasteiger partial charge in [-0.2, -0.15) is 0 Å². The van der Waals surface area contributed by atoms with Crippen molar-refractivity contribution < 1.29 is 9.90 Å². The molecule has 0 spiro atoms. The second-order valence-corrected chi connectivity index (χ2v) is 4.99. The van der Waals surface area contributed by atoms with E-state index < -0.39 is 5.97 Å². The van der Waals surface area contributed by atoms with Gasteiger partial charge in [-0.05, 0) is 36.9 Å². The molecule has 0 atom stereocenters. The van der Waals surface area contributed by atoms with Crippen LogP contribution in [0.2, 0.25) is 0 Å². The quantitative estimate of drug-likeness (QED) is 0.811. The van der Waals surface area contributed by atoms with E-state index in [0.29, 0.717) is 5.92 Å². The molecule has 0 radical (unpaired) electrons. The Morgan fingerprint density at radius 2 is 2.25 bits per heavy atom. The third-order valence-electron chi connectivity index (χ3n) is 3.51. The number of nitrogens with zero attached hydrogens (tertiary/aromatic N) is 1. The first kappa shape index (κ1) is 9.90. The molecular weight excluding hydrogens is 204 g/mol. The van der Waals surface area contributed by atoms with E-state index in [1.54, 1.807) is 0 Å². The smallest absolute Gasteiger partial charge is 0.307 e. The summed E-state index contributed by atoms with van der Waals surface area (Å²) in [4.78, 5) is 16.6. The molecule has 2 N–H and O–H groups in total. The molecule has 1 aromatic heterocycles. The number of rotatable bonds is 3. The molecule has 16 heavy (non-hydrogen) atoms. The van der Waals surface area contributed by atoms with Gasteiger partial charge in [0.1, 0.15) is 0 Å². The molecule has 1 fully saturated rings. The van der Waals surface area contributed by atoms with E-state index in [4.69, 9.17) is 5.11 Å². The number of aromatic amines is 1. The number of aliphatic carboxylic acids is 1. The summed E-state index contributed by atoms with van der Waals surface area (Å²) in [5.74, 6) is -0.122.